The molecule has 0 fully saturated rings. The van der Waals surface area contributed by atoms with Crippen LogP contribution in [0.2, 0.25) is 0 Å². The van der Waals surface area contributed by atoms with Crippen LogP contribution >= 0.6 is 34.0 Å². The third kappa shape index (κ3) is 9.19. The predicted molar refractivity (Wildman–Crippen MR) is 24.3 cm³/mol. The van der Waals surface area contributed by atoms with Gasteiger partial charge >= 0.3 is 0 Å². The van der Waals surface area contributed by atoms with Crippen molar-refractivity contribution in [2.45, 2.75) is 0 Å². The zero-order valence-corrected chi connectivity index (χ0v) is 7.70. The Balaban J connectivity index is 0. The third-order valence-electron chi connectivity index (χ3n) is 0. The van der Waals surface area contributed by atoms with E-state index in [9.17, 15) is 0 Å². The van der Waals surface area contributed by atoms with Crippen LogP contribution in [0.1, 0.15) is 0 Å². The van der Waals surface area contributed by atoms with Crippen LogP contribution < -0.4 is 0 Å². The van der Waals surface area contributed by atoms with Gasteiger partial charge < -0.3 is 5.48 Å². The molecule has 0 aromatic heterocycles. The second-order valence-electron chi connectivity index (χ2n) is 0. The summed E-state index contributed by atoms with van der Waals surface area (Å²) in [6.07, 6.45) is 0. The molecule has 4 heteroatoms. The first kappa shape index (κ1) is 41.2. The Labute approximate surface area is 65.1 Å². The van der Waals surface area contributed by atoms with Crippen molar-refractivity contribution in [3.8, 4) is 0 Å². The van der Waals surface area contributed by atoms with Crippen LogP contribution in [0.5, 0.6) is 0 Å². The Morgan fingerprint density at radius 1 is 0.750 bits per heavy atom. The Morgan fingerprint density at radius 2 is 0.750 bits per heavy atom. The van der Waals surface area contributed by atoms with Crippen molar-refractivity contribution in [1.82, 2.24) is 0 Å². The van der Waals surface area contributed by atoms with Crippen LogP contribution in [-0.2, 0) is 26.2 Å². The average molecular weight is 271 g/mol. The molecule has 2 N–H and O–H groups in total. The molecule has 0 saturated heterocycles. The molecule has 0 aliphatic carbocycles. The van der Waals surface area contributed by atoms with Crippen LogP contribution in [0, 0.1) is 0 Å². The molecule has 28 valence electrons. The van der Waals surface area contributed by atoms with Gasteiger partial charge in [0.25, 0.3) is 0 Å². The van der Waals surface area contributed by atoms with Gasteiger partial charge in [-0.25, -0.2) is 0 Å². The molecule has 0 atom stereocenters. The Kier molecular flexibility index (Phi) is 220. The summed E-state index contributed by atoms with van der Waals surface area (Å²) >= 11 is 0. The largest absolute Gasteiger partial charge is 0.412 e. The van der Waals surface area contributed by atoms with E-state index >= 15 is 0 Å². The molecule has 0 heterocycles. The van der Waals surface area contributed by atoms with Crippen LogP contribution in [-0.4, -0.2) is 5.48 Å². The summed E-state index contributed by atoms with van der Waals surface area (Å²) in [6.45, 7) is 0. The van der Waals surface area contributed by atoms with Gasteiger partial charge in [-0.1, -0.05) is 0 Å². The Morgan fingerprint density at radius 3 is 0.750 bits per heavy atom. The molecule has 0 aliphatic rings. The van der Waals surface area contributed by atoms with E-state index < -0.39 is 0 Å². The maximum Gasteiger partial charge on any atom is 0 e. The fourth-order valence-corrected chi connectivity index (χ4v) is 0. The summed E-state index contributed by atoms with van der Waals surface area (Å²) in [5, 5.41) is 0. The van der Waals surface area contributed by atoms with Crippen molar-refractivity contribution in [2.75, 3.05) is 0 Å². The molecular formula is H4Br2OZr. The molecule has 0 aliphatic heterocycles. The number of rotatable bonds is 0. The molecule has 0 saturated carbocycles. The van der Waals surface area contributed by atoms with E-state index in [2.05, 4.69) is 0 Å². The van der Waals surface area contributed by atoms with Gasteiger partial charge in [0.15, 0.2) is 0 Å². The normalized spacial score (nSPS) is 0. The second kappa shape index (κ2) is 21.4. The summed E-state index contributed by atoms with van der Waals surface area (Å²) in [5.74, 6) is 0. The summed E-state index contributed by atoms with van der Waals surface area (Å²) in [5.41, 5.74) is 0. The molecule has 0 amide bonds. The number of hydrogen-bond acceptors (Lipinski definition) is 0. The van der Waals surface area contributed by atoms with Crippen LogP contribution in [0.25, 0.3) is 0 Å². The minimum Gasteiger partial charge on any atom is -0.412 e. The van der Waals surface area contributed by atoms with Gasteiger partial charge in [0.05, 0.1) is 0 Å². The first-order chi connectivity index (χ1) is 0. The quantitative estimate of drug-likeness (QED) is 0.608. The minimum atomic E-state index is 0. The van der Waals surface area contributed by atoms with E-state index in [-0.39, 0.29) is 65.6 Å². The first-order valence-corrected chi connectivity index (χ1v) is 0. The van der Waals surface area contributed by atoms with Gasteiger partial charge in [0, 0.05) is 26.2 Å². The topological polar surface area (TPSA) is 31.5 Å². The van der Waals surface area contributed by atoms with Crippen molar-refractivity contribution in [3.63, 3.8) is 0 Å². The maximum absolute atomic E-state index is 0. The van der Waals surface area contributed by atoms with Gasteiger partial charge in [0.2, 0.25) is 0 Å². The summed E-state index contributed by atoms with van der Waals surface area (Å²) in [4.78, 5) is 0. The van der Waals surface area contributed by atoms with Gasteiger partial charge in [0.1, 0.15) is 0 Å². The zero-order chi connectivity index (χ0) is 0. The molecule has 4 heavy (non-hydrogen) atoms. The predicted octanol–water partition coefficient (Wildman–Crippen LogP) is 0.329. The maximum atomic E-state index is 0. The molecular weight excluding hydrogens is 267 g/mol. The Hall–Kier alpha value is 1.80. The van der Waals surface area contributed by atoms with Gasteiger partial charge in [-0.2, -0.15) is 0 Å². The fraction of sp³-hybridized carbons (Fsp3) is 0. The summed E-state index contributed by atoms with van der Waals surface area (Å²) in [7, 11) is 0. The van der Waals surface area contributed by atoms with Crippen LogP contribution in [0.3, 0.4) is 0 Å². The molecule has 0 spiro atoms. The SMILES string of the molecule is Br.Br.O.[Zr]. The molecule has 0 aromatic rings. The van der Waals surface area contributed by atoms with Gasteiger partial charge in [-0.05, 0) is 0 Å². The smallest absolute Gasteiger partial charge is 0 e. The first-order valence-electron chi connectivity index (χ1n) is 0. The zero-order valence-electron chi connectivity index (χ0n) is 1.82. The van der Waals surface area contributed by atoms with Crippen molar-refractivity contribution in [1.29, 1.82) is 0 Å². The van der Waals surface area contributed by atoms with Crippen LogP contribution in [0.4, 0.5) is 0 Å². The van der Waals surface area contributed by atoms with Crippen molar-refractivity contribution < 1.29 is 31.7 Å². The summed E-state index contributed by atoms with van der Waals surface area (Å²) in [6, 6.07) is 0. The minimum absolute atomic E-state index is 0. The second-order valence-corrected chi connectivity index (χ2v) is 0. The number of halogens is 2. The van der Waals surface area contributed by atoms with E-state index in [1.54, 1.807) is 0 Å². The summed E-state index contributed by atoms with van der Waals surface area (Å²) < 4.78 is 0. The monoisotopic (exact) mass is 268 g/mol. The van der Waals surface area contributed by atoms with Crippen LogP contribution in [0.15, 0.2) is 0 Å². The van der Waals surface area contributed by atoms with E-state index in [0.29, 0.717) is 0 Å². The molecule has 0 radical (unpaired) electrons. The number of hydrogen-bond donors (Lipinski definition) is 0. The third-order valence-corrected chi connectivity index (χ3v) is 0. The van der Waals surface area contributed by atoms with E-state index in [0.717, 1.165) is 0 Å². The Bertz CT molecular complexity index is 6.00. The van der Waals surface area contributed by atoms with E-state index in [1.165, 1.54) is 0 Å². The van der Waals surface area contributed by atoms with Crippen molar-refractivity contribution in [3.05, 3.63) is 0 Å². The van der Waals surface area contributed by atoms with E-state index in [1.807, 2.05) is 0 Å². The molecule has 0 rings (SSSR count). The molecule has 0 unspecified atom stereocenters. The standard InChI is InChI=1S/2BrH.H2O.Zr/h2*1H;1H2;. The van der Waals surface area contributed by atoms with Gasteiger partial charge in [-0.15, -0.1) is 34.0 Å². The van der Waals surface area contributed by atoms with Gasteiger partial charge in [-0.3, -0.25) is 0 Å². The average Bonchev–Trinajstić information content (AvgIpc) is 0. The molecule has 0 aromatic carbocycles. The molecule has 0 bridgehead atoms. The van der Waals surface area contributed by atoms with Crippen molar-refractivity contribution >= 4 is 34.0 Å². The molecule has 1 nitrogen and oxygen atoms in total. The fourth-order valence-electron chi connectivity index (χ4n) is 0. The van der Waals surface area contributed by atoms with E-state index in [4.69, 9.17) is 0 Å². The van der Waals surface area contributed by atoms with Crippen molar-refractivity contribution in [2.24, 2.45) is 0 Å².